The Labute approximate surface area is 139 Å². The van der Waals surface area contributed by atoms with Crippen LogP contribution < -0.4 is 5.32 Å². The normalized spacial score (nSPS) is 18.0. The number of methoxy groups -OCH3 is 1. The van der Waals surface area contributed by atoms with E-state index in [0.717, 1.165) is 22.9 Å². The molecule has 0 radical (unpaired) electrons. The van der Waals surface area contributed by atoms with Gasteiger partial charge in [-0.25, -0.2) is 0 Å². The third-order valence-electron chi connectivity index (χ3n) is 3.77. The number of carbonyl (C=O) groups is 2. The van der Waals surface area contributed by atoms with E-state index in [1.54, 1.807) is 0 Å². The molecule has 1 aliphatic rings. The first-order valence-electron chi connectivity index (χ1n) is 7.37. The van der Waals surface area contributed by atoms with E-state index in [0.29, 0.717) is 12.3 Å². The highest BCUT2D eigenvalue weighted by molar-refractivity contribution is 9.10. The summed E-state index contributed by atoms with van der Waals surface area (Å²) in [6, 6.07) is 7.22. The molecule has 2 rings (SSSR count). The van der Waals surface area contributed by atoms with Crippen molar-refractivity contribution in [2.24, 2.45) is 5.92 Å². The van der Waals surface area contributed by atoms with Crippen molar-refractivity contribution in [2.75, 3.05) is 7.11 Å². The summed E-state index contributed by atoms with van der Waals surface area (Å²) in [5, 5.41) is 2.96. The number of nitrogens with one attached hydrogen (secondary N) is 1. The van der Waals surface area contributed by atoms with Gasteiger partial charge < -0.3 is 10.1 Å². The zero-order valence-corrected chi connectivity index (χ0v) is 14.1. The fourth-order valence-electron chi connectivity index (χ4n) is 2.55. The summed E-state index contributed by atoms with van der Waals surface area (Å²) < 4.78 is 5.68. The molecule has 1 aromatic carbocycles. The van der Waals surface area contributed by atoms with Crippen molar-refractivity contribution in [2.45, 2.75) is 31.7 Å². The van der Waals surface area contributed by atoms with Crippen LogP contribution in [0.3, 0.4) is 0 Å². The van der Waals surface area contributed by atoms with Crippen molar-refractivity contribution in [3.05, 3.63) is 46.5 Å². The molecular weight excluding hydrogens is 346 g/mol. The maximum absolute atomic E-state index is 12.2. The average molecular weight is 366 g/mol. The molecule has 0 saturated heterocycles. The van der Waals surface area contributed by atoms with Gasteiger partial charge in [0, 0.05) is 10.9 Å². The van der Waals surface area contributed by atoms with E-state index in [9.17, 15) is 9.59 Å². The van der Waals surface area contributed by atoms with Crippen LogP contribution in [0.15, 0.2) is 40.9 Å². The Hall–Kier alpha value is -1.62. The van der Waals surface area contributed by atoms with Gasteiger partial charge >= 0.3 is 5.97 Å². The van der Waals surface area contributed by atoms with Gasteiger partial charge in [0.25, 0.3) is 0 Å². The SMILES string of the molecule is COC(=O)CC(NC(=O)CC1C=CCC1)c1ccc(Br)cc1. The van der Waals surface area contributed by atoms with Crippen LogP contribution in [0.2, 0.25) is 0 Å². The quantitative estimate of drug-likeness (QED) is 0.619. The minimum atomic E-state index is -0.363. The third-order valence-corrected chi connectivity index (χ3v) is 4.29. The fraction of sp³-hybridized carbons (Fsp3) is 0.412. The molecule has 1 aromatic rings. The molecule has 0 aliphatic heterocycles. The molecule has 2 atom stereocenters. The standard InChI is InChI=1S/C17H20BrNO3/c1-22-17(21)11-15(13-6-8-14(18)9-7-13)19-16(20)10-12-4-2-3-5-12/h2,4,6-9,12,15H,3,5,10-11H2,1H3,(H,19,20). The minimum absolute atomic E-state index is 0.0339. The molecule has 0 saturated carbocycles. The van der Waals surface area contributed by atoms with Crippen molar-refractivity contribution >= 4 is 27.8 Å². The molecule has 118 valence electrons. The van der Waals surface area contributed by atoms with E-state index in [-0.39, 0.29) is 24.3 Å². The highest BCUT2D eigenvalue weighted by Crippen LogP contribution is 2.23. The van der Waals surface area contributed by atoms with Crippen molar-refractivity contribution in [1.29, 1.82) is 0 Å². The summed E-state index contributed by atoms with van der Waals surface area (Å²) in [7, 11) is 1.35. The second-order valence-corrected chi connectivity index (χ2v) is 6.34. The van der Waals surface area contributed by atoms with Gasteiger partial charge in [-0.1, -0.05) is 40.2 Å². The largest absolute Gasteiger partial charge is 0.469 e. The molecule has 0 bridgehead atoms. The second-order valence-electron chi connectivity index (χ2n) is 5.42. The third kappa shape index (κ3) is 4.98. The van der Waals surface area contributed by atoms with Gasteiger partial charge in [-0.2, -0.15) is 0 Å². The second kappa shape index (κ2) is 8.13. The number of hydrogen-bond acceptors (Lipinski definition) is 3. The summed E-state index contributed by atoms with van der Waals surface area (Å²) in [4.78, 5) is 23.8. The van der Waals surface area contributed by atoms with Crippen molar-refractivity contribution < 1.29 is 14.3 Å². The molecule has 1 aliphatic carbocycles. The first-order chi connectivity index (χ1) is 10.6. The Morgan fingerprint density at radius 2 is 2.09 bits per heavy atom. The number of benzene rings is 1. The van der Waals surface area contributed by atoms with Crippen LogP contribution in [0.5, 0.6) is 0 Å². The Morgan fingerprint density at radius 1 is 1.36 bits per heavy atom. The lowest BCUT2D eigenvalue weighted by molar-refractivity contribution is -0.141. The van der Waals surface area contributed by atoms with E-state index < -0.39 is 0 Å². The summed E-state index contributed by atoms with van der Waals surface area (Å²) in [5.74, 6) is -0.0638. The number of esters is 1. The van der Waals surface area contributed by atoms with E-state index in [1.807, 2.05) is 24.3 Å². The number of allylic oxidation sites excluding steroid dienone is 2. The number of halogens is 1. The Kier molecular flexibility index (Phi) is 6.19. The number of ether oxygens (including phenoxy) is 1. The Bertz CT molecular complexity index is 554. The number of rotatable bonds is 6. The zero-order chi connectivity index (χ0) is 15.9. The molecule has 2 unspecified atom stereocenters. The fourth-order valence-corrected chi connectivity index (χ4v) is 2.82. The van der Waals surface area contributed by atoms with Gasteiger partial charge in [-0.15, -0.1) is 0 Å². The lowest BCUT2D eigenvalue weighted by atomic mass is 10.0. The van der Waals surface area contributed by atoms with Crippen LogP contribution in [0.1, 0.15) is 37.3 Å². The first kappa shape index (κ1) is 16.7. The van der Waals surface area contributed by atoms with Crippen LogP contribution in [0.4, 0.5) is 0 Å². The molecular formula is C17H20BrNO3. The molecule has 0 heterocycles. The van der Waals surface area contributed by atoms with Crippen LogP contribution in [-0.2, 0) is 14.3 Å². The molecule has 4 nitrogen and oxygen atoms in total. The molecule has 1 amide bonds. The van der Waals surface area contributed by atoms with Crippen molar-refractivity contribution in [3.63, 3.8) is 0 Å². The van der Waals surface area contributed by atoms with E-state index in [2.05, 4.69) is 33.4 Å². The maximum Gasteiger partial charge on any atom is 0.307 e. The zero-order valence-electron chi connectivity index (χ0n) is 12.5. The van der Waals surface area contributed by atoms with Crippen LogP contribution in [0.25, 0.3) is 0 Å². The predicted molar refractivity (Wildman–Crippen MR) is 88.1 cm³/mol. The van der Waals surface area contributed by atoms with Crippen molar-refractivity contribution in [3.8, 4) is 0 Å². The summed E-state index contributed by atoms with van der Waals surface area (Å²) >= 11 is 3.38. The predicted octanol–water partition coefficient (Wildman–Crippen LogP) is 3.53. The molecule has 0 spiro atoms. The monoisotopic (exact) mass is 365 g/mol. The van der Waals surface area contributed by atoms with Gasteiger partial charge in [-0.3, -0.25) is 9.59 Å². The average Bonchev–Trinajstić information content (AvgIpc) is 3.00. The number of amides is 1. The molecule has 0 aromatic heterocycles. The summed E-state index contributed by atoms with van der Waals surface area (Å²) in [6.07, 6.45) is 6.85. The molecule has 5 heteroatoms. The first-order valence-corrected chi connectivity index (χ1v) is 8.16. The van der Waals surface area contributed by atoms with Crippen LogP contribution >= 0.6 is 15.9 Å². The lowest BCUT2D eigenvalue weighted by Gasteiger charge is -2.19. The topological polar surface area (TPSA) is 55.4 Å². The van der Waals surface area contributed by atoms with E-state index in [1.165, 1.54) is 7.11 Å². The van der Waals surface area contributed by atoms with Gasteiger partial charge in [0.15, 0.2) is 0 Å². The minimum Gasteiger partial charge on any atom is -0.469 e. The summed E-state index contributed by atoms with van der Waals surface area (Å²) in [6.45, 7) is 0. The van der Waals surface area contributed by atoms with E-state index >= 15 is 0 Å². The highest BCUT2D eigenvalue weighted by Gasteiger charge is 2.21. The van der Waals surface area contributed by atoms with Crippen LogP contribution in [-0.4, -0.2) is 19.0 Å². The Balaban J connectivity index is 2.03. The highest BCUT2D eigenvalue weighted by atomic mass is 79.9. The lowest BCUT2D eigenvalue weighted by Crippen LogP contribution is -2.31. The summed E-state index contributed by atoms with van der Waals surface area (Å²) in [5.41, 5.74) is 0.893. The molecule has 1 N–H and O–H groups in total. The maximum atomic E-state index is 12.2. The molecule has 0 fully saturated rings. The Morgan fingerprint density at radius 3 is 2.68 bits per heavy atom. The van der Waals surface area contributed by atoms with Gasteiger partial charge in [0.1, 0.15) is 0 Å². The smallest absolute Gasteiger partial charge is 0.307 e. The van der Waals surface area contributed by atoms with Crippen molar-refractivity contribution in [1.82, 2.24) is 5.32 Å². The molecule has 22 heavy (non-hydrogen) atoms. The van der Waals surface area contributed by atoms with Gasteiger partial charge in [-0.05, 0) is 36.5 Å². The van der Waals surface area contributed by atoms with Crippen LogP contribution in [0, 0.1) is 5.92 Å². The van der Waals surface area contributed by atoms with Gasteiger partial charge in [0.2, 0.25) is 5.91 Å². The van der Waals surface area contributed by atoms with E-state index in [4.69, 9.17) is 4.74 Å². The van der Waals surface area contributed by atoms with Gasteiger partial charge in [0.05, 0.1) is 19.6 Å². The number of carbonyl (C=O) groups excluding carboxylic acids is 2. The number of hydrogen-bond donors (Lipinski definition) is 1.